The molecule has 1 N–H and O–H groups in total. The molecule has 0 spiro atoms. The Morgan fingerprint density at radius 3 is 2.77 bits per heavy atom. The van der Waals surface area contributed by atoms with Crippen molar-refractivity contribution in [2.75, 3.05) is 11.4 Å². The average molecular weight is 367 g/mol. The van der Waals surface area contributed by atoms with Gasteiger partial charge in [0.25, 0.3) is 0 Å². The van der Waals surface area contributed by atoms with E-state index in [4.69, 9.17) is 0 Å². The Bertz CT molecular complexity index is 941. The number of phenols is 1. The third kappa shape index (κ3) is 3.03. The molecular weight excluding hydrogens is 350 g/mol. The zero-order valence-electron chi connectivity index (χ0n) is 14.1. The fraction of sp³-hybridized carbons (Fsp3) is 0.222. The molecule has 4 rings (SSSR count). The van der Waals surface area contributed by atoms with Gasteiger partial charge in [0.05, 0.1) is 10.9 Å². The number of fused-ring (bicyclic) bond motifs is 1. The van der Waals surface area contributed by atoms with Gasteiger partial charge in [-0.15, -0.1) is 5.10 Å². The molecular formula is C18H17N5O2S. The van der Waals surface area contributed by atoms with Gasteiger partial charge in [-0.05, 0) is 59.7 Å². The number of benzene rings is 2. The van der Waals surface area contributed by atoms with Crippen molar-refractivity contribution >= 4 is 23.4 Å². The average Bonchev–Trinajstić information content (AvgIpc) is 3.28. The van der Waals surface area contributed by atoms with Crippen LogP contribution in [-0.4, -0.2) is 43.0 Å². The fourth-order valence-corrected chi connectivity index (χ4v) is 3.87. The molecule has 0 fully saturated rings. The Morgan fingerprint density at radius 2 is 1.96 bits per heavy atom. The van der Waals surface area contributed by atoms with Gasteiger partial charge in [0.2, 0.25) is 11.1 Å². The number of hydrogen-bond acceptors (Lipinski definition) is 6. The molecule has 1 aliphatic heterocycles. The highest BCUT2D eigenvalue weighted by Gasteiger charge is 2.29. The molecule has 0 bridgehead atoms. The third-order valence-corrected chi connectivity index (χ3v) is 5.34. The molecule has 2 heterocycles. The van der Waals surface area contributed by atoms with Gasteiger partial charge >= 0.3 is 0 Å². The van der Waals surface area contributed by atoms with Crippen molar-refractivity contribution < 1.29 is 9.90 Å². The van der Waals surface area contributed by atoms with E-state index in [9.17, 15) is 9.90 Å². The van der Waals surface area contributed by atoms with Gasteiger partial charge < -0.3 is 10.0 Å². The Hall–Kier alpha value is -2.87. The van der Waals surface area contributed by atoms with E-state index in [0.29, 0.717) is 11.7 Å². The number of rotatable bonds is 4. The number of anilines is 1. The largest absolute Gasteiger partial charge is 0.508 e. The maximum Gasteiger partial charge on any atom is 0.240 e. The van der Waals surface area contributed by atoms with Gasteiger partial charge in [0.1, 0.15) is 5.75 Å². The Kier molecular flexibility index (Phi) is 4.34. The van der Waals surface area contributed by atoms with Crippen LogP contribution in [0.1, 0.15) is 12.5 Å². The van der Waals surface area contributed by atoms with E-state index in [-0.39, 0.29) is 16.9 Å². The number of carbonyl (C=O) groups excluding carboxylic acids is 1. The standard InChI is InChI=1S/C18H17N5O2S/c1-12(17(25)22-11-10-13-4-2-3-5-16(13)22)26-18-19-20-21-23(18)14-6-8-15(24)9-7-14/h2-9,12,24H,10-11H2,1H3. The second-order valence-corrected chi connectivity index (χ2v) is 7.33. The molecule has 7 nitrogen and oxygen atoms in total. The van der Waals surface area contributed by atoms with Crippen LogP contribution in [0.25, 0.3) is 5.69 Å². The van der Waals surface area contributed by atoms with Crippen LogP contribution in [0.5, 0.6) is 5.75 Å². The van der Waals surface area contributed by atoms with Crippen LogP contribution in [0, 0.1) is 0 Å². The number of amides is 1. The number of nitrogens with zero attached hydrogens (tertiary/aromatic N) is 5. The van der Waals surface area contributed by atoms with E-state index < -0.39 is 0 Å². The molecule has 0 radical (unpaired) electrons. The van der Waals surface area contributed by atoms with Crippen LogP contribution in [0.3, 0.4) is 0 Å². The predicted octanol–water partition coefficient (Wildman–Crippen LogP) is 2.44. The Labute approximate surface area is 154 Å². The van der Waals surface area contributed by atoms with Gasteiger partial charge in [0.15, 0.2) is 0 Å². The van der Waals surface area contributed by atoms with Crippen LogP contribution < -0.4 is 4.90 Å². The number of carbonyl (C=O) groups is 1. The maximum atomic E-state index is 12.9. The van der Waals surface area contributed by atoms with Gasteiger partial charge in [0, 0.05) is 12.2 Å². The van der Waals surface area contributed by atoms with Gasteiger partial charge in [-0.1, -0.05) is 30.0 Å². The summed E-state index contributed by atoms with van der Waals surface area (Å²) in [5.74, 6) is 0.215. The lowest BCUT2D eigenvalue weighted by Crippen LogP contribution is -2.35. The zero-order valence-corrected chi connectivity index (χ0v) is 14.9. The lowest BCUT2D eigenvalue weighted by atomic mass is 10.2. The molecule has 1 amide bonds. The van der Waals surface area contributed by atoms with E-state index in [0.717, 1.165) is 17.8 Å². The van der Waals surface area contributed by atoms with Crippen LogP contribution in [0.4, 0.5) is 5.69 Å². The first kappa shape index (κ1) is 16.6. The van der Waals surface area contributed by atoms with Gasteiger partial charge in [-0.3, -0.25) is 4.79 Å². The topological polar surface area (TPSA) is 84.1 Å². The number of aromatic hydroxyl groups is 1. The van der Waals surface area contributed by atoms with E-state index in [2.05, 4.69) is 21.6 Å². The van der Waals surface area contributed by atoms with Crippen molar-refractivity contribution in [3.8, 4) is 11.4 Å². The number of para-hydroxylation sites is 1. The smallest absolute Gasteiger partial charge is 0.240 e. The van der Waals surface area contributed by atoms with Gasteiger partial charge in [-0.25, -0.2) is 0 Å². The summed E-state index contributed by atoms with van der Waals surface area (Å²) >= 11 is 1.32. The summed E-state index contributed by atoms with van der Waals surface area (Å²) in [5, 5.41) is 21.4. The number of tetrazole rings is 1. The van der Waals surface area contributed by atoms with E-state index in [1.54, 1.807) is 28.9 Å². The normalized spacial score (nSPS) is 14.3. The van der Waals surface area contributed by atoms with Crippen LogP contribution >= 0.6 is 11.8 Å². The minimum Gasteiger partial charge on any atom is -0.508 e. The van der Waals surface area contributed by atoms with Crippen molar-refractivity contribution in [1.29, 1.82) is 0 Å². The maximum absolute atomic E-state index is 12.9. The molecule has 0 aliphatic carbocycles. The molecule has 1 atom stereocenters. The van der Waals surface area contributed by atoms with Gasteiger partial charge in [-0.2, -0.15) is 4.68 Å². The molecule has 8 heteroatoms. The van der Waals surface area contributed by atoms with Crippen LogP contribution in [-0.2, 0) is 11.2 Å². The highest BCUT2D eigenvalue weighted by molar-refractivity contribution is 8.00. The van der Waals surface area contributed by atoms with E-state index in [1.165, 1.54) is 17.3 Å². The Morgan fingerprint density at radius 1 is 1.19 bits per heavy atom. The minimum absolute atomic E-state index is 0.0419. The molecule has 2 aromatic carbocycles. The zero-order chi connectivity index (χ0) is 18.1. The Balaban J connectivity index is 1.53. The predicted molar refractivity (Wildman–Crippen MR) is 98.6 cm³/mol. The SMILES string of the molecule is CC(Sc1nnnn1-c1ccc(O)cc1)C(=O)N1CCc2ccccc21. The highest BCUT2D eigenvalue weighted by Crippen LogP contribution is 2.31. The second-order valence-electron chi connectivity index (χ2n) is 6.02. The molecule has 1 aliphatic rings. The van der Waals surface area contributed by atoms with Crippen molar-refractivity contribution in [3.63, 3.8) is 0 Å². The number of aromatic nitrogens is 4. The van der Waals surface area contributed by atoms with E-state index >= 15 is 0 Å². The van der Waals surface area contributed by atoms with Crippen molar-refractivity contribution in [1.82, 2.24) is 20.2 Å². The molecule has 0 saturated heterocycles. The van der Waals surface area contributed by atoms with E-state index in [1.807, 2.05) is 30.0 Å². The first-order chi connectivity index (χ1) is 12.6. The number of hydrogen-bond donors (Lipinski definition) is 1. The van der Waals surface area contributed by atoms with Crippen molar-refractivity contribution in [2.45, 2.75) is 23.8 Å². The summed E-state index contributed by atoms with van der Waals surface area (Å²) in [6.07, 6.45) is 0.880. The summed E-state index contributed by atoms with van der Waals surface area (Å²) in [6.45, 7) is 2.57. The van der Waals surface area contributed by atoms with Crippen LogP contribution in [0.2, 0.25) is 0 Å². The highest BCUT2D eigenvalue weighted by atomic mass is 32.2. The summed E-state index contributed by atoms with van der Waals surface area (Å²) in [6, 6.07) is 14.6. The van der Waals surface area contributed by atoms with Crippen molar-refractivity contribution in [3.05, 3.63) is 54.1 Å². The monoisotopic (exact) mass is 367 g/mol. The van der Waals surface area contributed by atoms with Crippen molar-refractivity contribution in [2.24, 2.45) is 0 Å². The van der Waals surface area contributed by atoms with Crippen LogP contribution in [0.15, 0.2) is 53.7 Å². The third-order valence-electron chi connectivity index (χ3n) is 4.32. The summed E-state index contributed by atoms with van der Waals surface area (Å²) in [7, 11) is 0. The fourth-order valence-electron chi connectivity index (χ4n) is 3.00. The summed E-state index contributed by atoms with van der Waals surface area (Å²) < 4.78 is 1.56. The molecule has 26 heavy (non-hydrogen) atoms. The first-order valence-corrected chi connectivity index (χ1v) is 9.15. The molecule has 0 saturated carbocycles. The lowest BCUT2D eigenvalue weighted by Gasteiger charge is -2.21. The summed E-state index contributed by atoms with van der Waals surface area (Å²) in [4.78, 5) is 14.8. The number of thioether (sulfide) groups is 1. The number of phenolic OH excluding ortho intramolecular Hbond substituents is 1. The molecule has 1 unspecified atom stereocenters. The molecule has 1 aromatic heterocycles. The second kappa shape index (κ2) is 6.80. The lowest BCUT2D eigenvalue weighted by molar-refractivity contribution is -0.117. The minimum atomic E-state index is -0.331. The molecule has 3 aromatic rings. The summed E-state index contributed by atoms with van der Waals surface area (Å²) in [5.41, 5.74) is 2.91. The molecule has 132 valence electrons. The quantitative estimate of drug-likeness (QED) is 0.713. The first-order valence-electron chi connectivity index (χ1n) is 8.27.